The first-order chi connectivity index (χ1) is 11.2. The summed E-state index contributed by atoms with van der Waals surface area (Å²) < 4.78 is 11.9. The van der Waals surface area contributed by atoms with Crippen molar-refractivity contribution in [2.45, 2.75) is 76.9 Å². The molecule has 5 aliphatic rings. The molecule has 0 aromatic rings. The molecule has 0 saturated heterocycles. The molecule has 1 spiro atoms. The van der Waals surface area contributed by atoms with E-state index in [9.17, 15) is 9.66 Å². The van der Waals surface area contributed by atoms with Gasteiger partial charge < -0.3 is 15.4 Å². The number of nitrogens with two attached hydrogens (primary N) is 1. The Hall–Kier alpha value is 0.230. The zero-order valence-corrected chi connectivity index (χ0v) is 16.4. The third-order valence-corrected chi connectivity index (χ3v) is 9.81. The van der Waals surface area contributed by atoms with Crippen LogP contribution in [0.15, 0.2) is 0 Å². The van der Waals surface area contributed by atoms with Gasteiger partial charge in [-0.3, -0.25) is 0 Å². The largest absolute Gasteiger partial charge is 0.617 e. The molecule has 0 amide bonds. The molecule has 5 rings (SSSR count). The normalized spacial score (nSPS) is 58.0. The van der Waals surface area contributed by atoms with Gasteiger partial charge in [-0.1, -0.05) is 24.5 Å². The number of fused-ring (bicyclic) bond motifs is 3. The van der Waals surface area contributed by atoms with Crippen molar-refractivity contribution in [3.05, 3.63) is 0 Å². The van der Waals surface area contributed by atoms with Crippen molar-refractivity contribution < 1.29 is 9.66 Å². The molecule has 24 heavy (non-hydrogen) atoms. The summed E-state index contributed by atoms with van der Waals surface area (Å²) in [6.07, 6.45) is 11.2. The average molecular weight is 354 g/mol. The van der Waals surface area contributed by atoms with Crippen molar-refractivity contribution in [2.24, 2.45) is 40.2 Å². The molecular formula is C20H35NO2S. The Morgan fingerprint density at radius 2 is 1.83 bits per heavy atom. The number of hydrogen-bond donors (Lipinski definition) is 2. The molecule has 2 bridgehead atoms. The van der Waals surface area contributed by atoms with Crippen molar-refractivity contribution in [2.75, 3.05) is 12.0 Å². The van der Waals surface area contributed by atoms with E-state index in [0.717, 1.165) is 12.8 Å². The lowest BCUT2D eigenvalue weighted by Gasteiger charge is -2.69. The van der Waals surface area contributed by atoms with E-state index >= 15 is 0 Å². The Labute approximate surface area is 150 Å². The minimum Gasteiger partial charge on any atom is -0.617 e. The van der Waals surface area contributed by atoms with Gasteiger partial charge in [-0.25, -0.2) is 0 Å². The predicted octanol–water partition coefficient (Wildman–Crippen LogP) is 3.08. The van der Waals surface area contributed by atoms with Gasteiger partial charge in [0.1, 0.15) is 5.75 Å². The van der Waals surface area contributed by atoms with Crippen LogP contribution >= 0.6 is 0 Å². The second-order valence-electron chi connectivity index (χ2n) is 10.1. The molecule has 0 heterocycles. The number of hydrogen-bond acceptors (Lipinski definition) is 3. The highest BCUT2D eigenvalue weighted by molar-refractivity contribution is 7.90. The van der Waals surface area contributed by atoms with Gasteiger partial charge in [-0.15, -0.1) is 0 Å². The summed E-state index contributed by atoms with van der Waals surface area (Å²) >= 11 is -0.812. The predicted molar refractivity (Wildman–Crippen MR) is 99.0 cm³/mol. The van der Waals surface area contributed by atoms with Crippen molar-refractivity contribution in [1.29, 1.82) is 0 Å². The second kappa shape index (κ2) is 5.61. The summed E-state index contributed by atoms with van der Waals surface area (Å²) in [5.74, 6) is 2.72. The molecule has 138 valence electrons. The first kappa shape index (κ1) is 17.6. The van der Waals surface area contributed by atoms with E-state index < -0.39 is 11.2 Å². The zero-order valence-electron chi connectivity index (χ0n) is 15.6. The molecule has 0 aromatic heterocycles. The van der Waals surface area contributed by atoms with Crippen LogP contribution in [-0.4, -0.2) is 33.3 Å². The highest BCUT2D eigenvalue weighted by Gasteiger charge is 2.67. The van der Waals surface area contributed by atoms with E-state index in [0.29, 0.717) is 23.5 Å². The van der Waals surface area contributed by atoms with E-state index in [1.54, 1.807) is 6.26 Å². The van der Waals surface area contributed by atoms with Crippen LogP contribution in [0, 0.1) is 34.5 Å². The fraction of sp³-hybridized carbons (Fsp3) is 1.00. The lowest BCUT2D eigenvalue weighted by molar-refractivity contribution is -0.232. The van der Waals surface area contributed by atoms with Crippen LogP contribution in [0.1, 0.15) is 65.2 Å². The number of aliphatic hydroxyl groups is 1. The Morgan fingerprint density at radius 3 is 2.54 bits per heavy atom. The molecule has 0 aliphatic heterocycles. The maximum atomic E-state index is 11.9. The van der Waals surface area contributed by atoms with E-state index in [-0.39, 0.29) is 28.4 Å². The van der Waals surface area contributed by atoms with Crippen LogP contribution in [0.2, 0.25) is 0 Å². The fourth-order valence-electron chi connectivity index (χ4n) is 8.02. The van der Waals surface area contributed by atoms with Gasteiger partial charge in [0, 0.05) is 16.9 Å². The summed E-state index contributed by atoms with van der Waals surface area (Å²) in [6.45, 7) is 4.77. The minimum atomic E-state index is -0.812. The van der Waals surface area contributed by atoms with Gasteiger partial charge in [-0.2, -0.15) is 0 Å². The SMILES string of the molecule is C[S+]([O-])C[C@H]1[C@H]2CC[C@@]3(CC[C@H]4[C@@](C)(CCC[C@@]4(C)N)[C@@H]3C2)[C@@H]1O. The molecule has 5 saturated carbocycles. The van der Waals surface area contributed by atoms with Crippen LogP contribution in [0.25, 0.3) is 0 Å². The number of aliphatic hydroxyl groups excluding tert-OH is 1. The molecule has 0 aromatic carbocycles. The molecule has 1 unspecified atom stereocenters. The monoisotopic (exact) mass is 353 g/mol. The van der Waals surface area contributed by atoms with Crippen LogP contribution < -0.4 is 5.73 Å². The summed E-state index contributed by atoms with van der Waals surface area (Å²) in [5.41, 5.74) is 7.09. The van der Waals surface area contributed by atoms with Crippen LogP contribution in [-0.2, 0) is 11.2 Å². The van der Waals surface area contributed by atoms with Gasteiger partial charge in [-0.05, 0) is 75.0 Å². The summed E-state index contributed by atoms with van der Waals surface area (Å²) in [7, 11) is 0. The summed E-state index contributed by atoms with van der Waals surface area (Å²) in [6, 6.07) is 0. The molecule has 0 radical (unpaired) electrons. The third-order valence-electron chi connectivity index (χ3n) is 8.96. The molecule has 9 atom stereocenters. The summed E-state index contributed by atoms with van der Waals surface area (Å²) in [4.78, 5) is 0. The van der Waals surface area contributed by atoms with Crippen molar-refractivity contribution in [3.8, 4) is 0 Å². The Morgan fingerprint density at radius 1 is 1.12 bits per heavy atom. The highest BCUT2D eigenvalue weighted by atomic mass is 32.2. The van der Waals surface area contributed by atoms with Crippen molar-refractivity contribution in [1.82, 2.24) is 0 Å². The van der Waals surface area contributed by atoms with Crippen LogP contribution in [0.3, 0.4) is 0 Å². The lowest BCUT2D eigenvalue weighted by Crippen LogP contribution is -2.68. The fourth-order valence-corrected chi connectivity index (χ4v) is 9.02. The van der Waals surface area contributed by atoms with Gasteiger partial charge >= 0.3 is 0 Å². The van der Waals surface area contributed by atoms with Gasteiger partial charge in [0.25, 0.3) is 0 Å². The van der Waals surface area contributed by atoms with Crippen molar-refractivity contribution >= 4 is 11.2 Å². The van der Waals surface area contributed by atoms with Gasteiger partial charge in [0.15, 0.2) is 0 Å². The minimum absolute atomic E-state index is 0.0411. The highest BCUT2D eigenvalue weighted by Crippen LogP contribution is 2.70. The maximum Gasteiger partial charge on any atom is 0.110 e. The second-order valence-corrected chi connectivity index (χ2v) is 11.6. The molecular weight excluding hydrogens is 318 g/mol. The van der Waals surface area contributed by atoms with Gasteiger partial charge in [0.2, 0.25) is 0 Å². The zero-order chi connectivity index (χ0) is 17.3. The third kappa shape index (κ3) is 2.28. The van der Waals surface area contributed by atoms with Crippen molar-refractivity contribution in [3.63, 3.8) is 0 Å². The lowest BCUT2D eigenvalue weighted by atomic mass is 9.36. The van der Waals surface area contributed by atoms with Crippen LogP contribution in [0.5, 0.6) is 0 Å². The molecule has 3 N–H and O–H groups in total. The van der Waals surface area contributed by atoms with Gasteiger partial charge in [0.05, 0.1) is 12.4 Å². The van der Waals surface area contributed by atoms with E-state index in [1.807, 2.05) is 0 Å². The topological polar surface area (TPSA) is 69.3 Å². The smallest absolute Gasteiger partial charge is 0.110 e. The number of rotatable bonds is 2. The van der Waals surface area contributed by atoms with E-state index in [2.05, 4.69) is 13.8 Å². The molecule has 4 heteroatoms. The van der Waals surface area contributed by atoms with E-state index in [4.69, 9.17) is 5.73 Å². The molecule has 3 nitrogen and oxygen atoms in total. The van der Waals surface area contributed by atoms with Crippen LogP contribution in [0.4, 0.5) is 0 Å². The average Bonchev–Trinajstić information content (AvgIpc) is 2.49. The Bertz CT molecular complexity index is 510. The Balaban J connectivity index is 1.69. The quantitative estimate of drug-likeness (QED) is 0.750. The first-order valence-corrected chi connectivity index (χ1v) is 11.7. The Kier molecular flexibility index (Phi) is 4.12. The molecule has 5 fully saturated rings. The maximum absolute atomic E-state index is 11.9. The first-order valence-electron chi connectivity index (χ1n) is 9.98. The summed E-state index contributed by atoms with van der Waals surface area (Å²) in [5, 5.41) is 11.4. The molecule has 5 aliphatic carbocycles. The van der Waals surface area contributed by atoms with E-state index in [1.165, 1.54) is 38.5 Å². The standard InChI is InChI=1S/C20H35NO2S/c1-18-7-4-8-19(2,21)15(18)6-10-20-9-5-13(11-16(18)20)14(17(20)22)12-24(3)23/h13-17,22H,4-12,21H2,1-3H3/t13-,14-,15-,16-,17+,18+,19+,20-,24?/m0/s1.